The zero-order chi connectivity index (χ0) is 29.5. The van der Waals surface area contributed by atoms with Crippen molar-refractivity contribution in [3.05, 3.63) is 0 Å². The summed E-state index contributed by atoms with van der Waals surface area (Å²) in [5.41, 5.74) is 13.7. The third-order valence-corrected chi connectivity index (χ3v) is 14.4. The summed E-state index contributed by atoms with van der Waals surface area (Å²) in [4.78, 5) is 0. The van der Waals surface area contributed by atoms with E-state index in [1.165, 1.54) is 77.0 Å². The monoisotopic (exact) mass is 607 g/mol. The molecule has 5 heterocycles. The molecule has 5 saturated heterocycles. The first-order valence-corrected chi connectivity index (χ1v) is 18.6. The fraction of sp³-hybridized carbons (Fsp3) is 0.970. The molecule has 0 amide bonds. The zero-order valence-corrected chi connectivity index (χ0v) is 26.3. The maximum absolute atomic E-state index is 10.1. The van der Waals surface area contributed by atoms with Gasteiger partial charge in [0.15, 0.2) is 0 Å². The van der Waals surface area contributed by atoms with Gasteiger partial charge in [0.2, 0.25) is 0 Å². The Labute approximate surface area is 263 Å². The topological polar surface area (TPSA) is 172 Å². The van der Waals surface area contributed by atoms with E-state index in [1.54, 1.807) is 0 Å². The Bertz CT molecular complexity index is 1100. The van der Waals surface area contributed by atoms with Crippen LogP contribution in [-0.4, -0.2) is 61.4 Å². The molecule has 5 aliphatic heterocycles. The summed E-state index contributed by atoms with van der Waals surface area (Å²) in [6.07, 6.45) is 18.5. The van der Waals surface area contributed by atoms with Crippen LogP contribution in [0.15, 0.2) is 0 Å². The molecule has 0 aromatic carbocycles. The number of nitrogens with two attached hydrogens (primary N) is 2. The van der Waals surface area contributed by atoms with Gasteiger partial charge in [-0.2, -0.15) is 5.26 Å². The first kappa shape index (κ1) is 29.2. The summed E-state index contributed by atoms with van der Waals surface area (Å²) in [6, 6.07) is 2.02. The molecule has 9 aliphatic rings. The first-order chi connectivity index (χ1) is 21.6. The van der Waals surface area contributed by atoms with Gasteiger partial charge in [0.25, 0.3) is 0 Å². The highest BCUT2D eigenvalue weighted by atomic mass is 15.4. The molecule has 8 bridgehead atoms. The first-order valence-electron chi connectivity index (χ1n) is 18.6. The summed E-state index contributed by atoms with van der Waals surface area (Å²) in [6.45, 7) is 0. The molecular formula is C33H57N11. The van der Waals surface area contributed by atoms with Crippen molar-refractivity contribution in [1.82, 2.24) is 42.5 Å². The number of fused-ring (bicyclic) bond motifs is 20. The van der Waals surface area contributed by atoms with Crippen molar-refractivity contribution >= 4 is 0 Å². The van der Waals surface area contributed by atoms with Crippen molar-refractivity contribution in [3.63, 3.8) is 0 Å². The second-order valence-electron chi connectivity index (χ2n) is 16.4. The van der Waals surface area contributed by atoms with Gasteiger partial charge in [-0.25, -0.2) is 0 Å². The van der Waals surface area contributed by atoms with E-state index in [4.69, 9.17) is 11.5 Å². The van der Waals surface area contributed by atoms with Gasteiger partial charge in [0.05, 0.1) is 61.3 Å². The van der Waals surface area contributed by atoms with Crippen LogP contribution < -0.4 is 54.0 Å². The standard InChI is InChI=1S/C33H57N11/c34-14-15-13-22-23(25(36)24(15)35)33-43-31-21-12-6-5-11-20(21)29(41-31)39-27-17-8-2-1-7-16(17)26(37-27)38-28-18-9-3-4-10-19(18)30(40-28)42-32(22)44-33/h15-33,37-44H,1-13,35-36H2. The van der Waals surface area contributed by atoms with E-state index >= 15 is 0 Å². The Morgan fingerprint density at radius 1 is 0.409 bits per heavy atom. The maximum Gasteiger partial charge on any atom is 0.0672 e. The molecule has 4 aliphatic carbocycles. The number of hydrogen-bond acceptors (Lipinski definition) is 11. The minimum atomic E-state index is -0.292. The van der Waals surface area contributed by atoms with Crippen LogP contribution in [-0.2, 0) is 0 Å². The largest absolute Gasteiger partial charge is 0.326 e. The minimum absolute atomic E-state index is 0.0547. The van der Waals surface area contributed by atoms with Gasteiger partial charge in [-0.05, 0) is 86.4 Å². The van der Waals surface area contributed by atoms with E-state index in [0.717, 1.165) is 6.42 Å². The number of nitriles is 1. The molecule has 19 unspecified atom stereocenters. The van der Waals surface area contributed by atoms with Gasteiger partial charge < -0.3 is 11.5 Å². The Kier molecular flexibility index (Phi) is 7.75. The smallest absolute Gasteiger partial charge is 0.0672 e. The molecule has 0 spiro atoms. The molecule has 244 valence electrons. The summed E-state index contributed by atoms with van der Waals surface area (Å²) >= 11 is 0. The molecule has 9 fully saturated rings. The molecule has 0 radical (unpaired) electrons. The molecule has 11 nitrogen and oxygen atoms in total. The van der Waals surface area contributed by atoms with Crippen molar-refractivity contribution in [2.75, 3.05) is 0 Å². The van der Waals surface area contributed by atoms with E-state index in [1.807, 2.05) is 0 Å². The van der Waals surface area contributed by atoms with Crippen LogP contribution in [0.1, 0.15) is 83.5 Å². The zero-order valence-electron chi connectivity index (χ0n) is 26.3. The number of rotatable bonds is 0. The van der Waals surface area contributed by atoms with Crippen molar-refractivity contribution < 1.29 is 0 Å². The van der Waals surface area contributed by atoms with Crippen LogP contribution in [0, 0.1) is 64.6 Å². The predicted molar refractivity (Wildman–Crippen MR) is 168 cm³/mol. The fourth-order valence-corrected chi connectivity index (χ4v) is 12.3. The lowest BCUT2D eigenvalue weighted by atomic mass is 9.68. The van der Waals surface area contributed by atoms with Crippen LogP contribution in [0.3, 0.4) is 0 Å². The summed E-state index contributed by atoms with van der Waals surface area (Å²) in [5, 5.41) is 43.1. The highest BCUT2D eigenvalue weighted by molar-refractivity contribution is 5.14. The van der Waals surface area contributed by atoms with E-state index in [9.17, 15) is 5.26 Å². The summed E-state index contributed by atoms with van der Waals surface area (Å²) in [5.74, 6) is 4.06. The number of nitrogens with one attached hydrogen (secondary N) is 8. The Hall–Kier alpha value is -0.910. The average molecular weight is 608 g/mol. The molecule has 19 atom stereocenters. The third-order valence-electron chi connectivity index (χ3n) is 14.4. The molecule has 12 N–H and O–H groups in total. The summed E-state index contributed by atoms with van der Waals surface area (Å²) in [7, 11) is 0. The maximum atomic E-state index is 10.1. The fourth-order valence-electron chi connectivity index (χ4n) is 12.3. The van der Waals surface area contributed by atoms with Crippen molar-refractivity contribution in [3.8, 4) is 6.07 Å². The van der Waals surface area contributed by atoms with Crippen LogP contribution in [0.25, 0.3) is 0 Å². The second kappa shape index (κ2) is 11.7. The van der Waals surface area contributed by atoms with Gasteiger partial charge in [0.1, 0.15) is 0 Å². The Morgan fingerprint density at radius 3 is 1.02 bits per heavy atom. The van der Waals surface area contributed by atoms with Crippen molar-refractivity contribution in [2.45, 2.75) is 145 Å². The number of hydrogen-bond donors (Lipinski definition) is 10. The lowest BCUT2D eigenvalue weighted by molar-refractivity contribution is 0.125. The molecular weight excluding hydrogens is 550 g/mol. The van der Waals surface area contributed by atoms with E-state index in [0.29, 0.717) is 60.2 Å². The van der Waals surface area contributed by atoms with E-state index in [-0.39, 0.29) is 54.5 Å². The third kappa shape index (κ3) is 4.74. The summed E-state index contributed by atoms with van der Waals surface area (Å²) < 4.78 is 0. The van der Waals surface area contributed by atoms with Gasteiger partial charge >= 0.3 is 0 Å². The van der Waals surface area contributed by atoms with Crippen molar-refractivity contribution in [1.29, 1.82) is 5.26 Å². The van der Waals surface area contributed by atoms with E-state index in [2.05, 4.69) is 48.6 Å². The van der Waals surface area contributed by atoms with Crippen LogP contribution in [0.2, 0.25) is 0 Å². The molecule has 9 rings (SSSR count). The lowest BCUT2D eigenvalue weighted by Crippen LogP contribution is -2.63. The van der Waals surface area contributed by atoms with E-state index < -0.39 is 0 Å². The van der Waals surface area contributed by atoms with Gasteiger partial charge in [0, 0.05) is 18.0 Å². The predicted octanol–water partition coefficient (Wildman–Crippen LogP) is 0.230. The molecule has 0 aromatic rings. The van der Waals surface area contributed by atoms with Gasteiger partial charge in [-0.15, -0.1) is 0 Å². The minimum Gasteiger partial charge on any atom is -0.326 e. The Morgan fingerprint density at radius 2 is 0.705 bits per heavy atom. The second-order valence-corrected chi connectivity index (χ2v) is 16.4. The SMILES string of the molecule is N#CC1CC2C3NC4NC(NC5NC(NC6NC(NC(N3)C2C(N)C1N)C1CCCCC61)C1CCCCC51)C1CCCCC41. The highest BCUT2D eigenvalue weighted by Crippen LogP contribution is 2.46. The molecule has 44 heavy (non-hydrogen) atoms. The van der Waals surface area contributed by atoms with Gasteiger partial charge in [-0.3, -0.25) is 42.5 Å². The molecule has 4 saturated carbocycles. The molecule has 11 heteroatoms. The lowest BCUT2D eigenvalue weighted by Gasteiger charge is -2.42. The highest BCUT2D eigenvalue weighted by Gasteiger charge is 2.57. The van der Waals surface area contributed by atoms with Crippen LogP contribution >= 0.6 is 0 Å². The number of nitrogens with zero attached hydrogens (tertiary/aromatic N) is 1. The average Bonchev–Trinajstić information content (AvgIpc) is 3.78. The molecule has 0 aromatic heterocycles. The van der Waals surface area contributed by atoms with Crippen LogP contribution in [0.4, 0.5) is 0 Å². The normalized spacial score (nSPS) is 58.3. The van der Waals surface area contributed by atoms with Crippen LogP contribution in [0.5, 0.6) is 0 Å². The van der Waals surface area contributed by atoms with Gasteiger partial charge in [-0.1, -0.05) is 38.5 Å². The van der Waals surface area contributed by atoms with Crippen molar-refractivity contribution in [2.24, 2.45) is 64.7 Å². The Balaban J connectivity index is 1.07. The quantitative estimate of drug-likeness (QED) is 0.183.